The highest BCUT2D eigenvalue weighted by Crippen LogP contribution is 2.31. The van der Waals surface area contributed by atoms with Gasteiger partial charge < -0.3 is 9.88 Å². The van der Waals surface area contributed by atoms with Crippen LogP contribution >= 0.6 is 0 Å². The fraction of sp³-hybridized carbons (Fsp3) is 0.500. The van der Waals surface area contributed by atoms with Crippen LogP contribution in [-0.2, 0) is 11.2 Å². The van der Waals surface area contributed by atoms with Gasteiger partial charge in [0.1, 0.15) is 0 Å². The standard InChI is InChI=1S/C22H29N3O/c26-22(17-25-13-5-9-21(25)20-8-4-12-23-20)24-14-10-19(11-15-24)16-18-6-2-1-3-7-18/h1-4,6-8,12,19,21,23H,5,9-11,13-17H2. The van der Waals surface area contributed by atoms with Crippen LogP contribution in [0.15, 0.2) is 48.7 Å². The summed E-state index contributed by atoms with van der Waals surface area (Å²) in [7, 11) is 0. The maximum Gasteiger partial charge on any atom is 0.236 e. The van der Waals surface area contributed by atoms with Crippen molar-refractivity contribution in [2.24, 2.45) is 5.92 Å². The molecule has 1 amide bonds. The van der Waals surface area contributed by atoms with Gasteiger partial charge in [-0.1, -0.05) is 30.3 Å². The quantitative estimate of drug-likeness (QED) is 0.893. The number of rotatable bonds is 5. The van der Waals surface area contributed by atoms with E-state index >= 15 is 0 Å². The molecule has 0 aliphatic carbocycles. The third-order valence-corrected chi connectivity index (χ3v) is 6.02. The van der Waals surface area contributed by atoms with Gasteiger partial charge in [-0.2, -0.15) is 0 Å². The molecule has 1 unspecified atom stereocenters. The van der Waals surface area contributed by atoms with Gasteiger partial charge in [-0.05, 0) is 62.3 Å². The Balaban J connectivity index is 1.27. The van der Waals surface area contributed by atoms with Crippen molar-refractivity contribution in [2.45, 2.75) is 38.1 Å². The summed E-state index contributed by atoms with van der Waals surface area (Å²) in [6.45, 7) is 3.42. The molecule has 1 aromatic heterocycles. The molecule has 4 nitrogen and oxygen atoms in total. The second-order valence-corrected chi connectivity index (χ2v) is 7.77. The van der Waals surface area contributed by atoms with Gasteiger partial charge in [0.25, 0.3) is 0 Å². The van der Waals surface area contributed by atoms with Crippen molar-refractivity contribution in [1.29, 1.82) is 0 Å². The molecule has 4 rings (SSSR count). The highest BCUT2D eigenvalue weighted by Gasteiger charge is 2.30. The minimum atomic E-state index is 0.307. The van der Waals surface area contributed by atoms with E-state index in [1.807, 2.05) is 12.3 Å². The third-order valence-electron chi connectivity index (χ3n) is 6.02. The van der Waals surface area contributed by atoms with Crippen LogP contribution in [0.4, 0.5) is 0 Å². The molecule has 0 bridgehead atoms. The van der Waals surface area contributed by atoms with Crippen LogP contribution < -0.4 is 0 Å². The smallest absolute Gasteiger partial charge is 0.236 e. The second-order valence-electron chi connectivity index (χ2n) is 7.77. The Morgan fingerprint density at radius 2 is 1.81 bits per heavy atom. The number of hydrogen-bond donors (Lipinski definition) is 1. The Morgan fingerprint density at radius 1 is 1.00 bits per heavy atom. The van der Waals surface area contributed by atoms with Gasteiger partial charge in [-0.25, -0.2) is 0 Å². The summed E-state index contributed by atoms with van der Waals surface area (Å²) in [5, 5.41) is 0. The van der Waals surface area contributed by atoms with Gasteiger partial charge in [0.15, 0.2) is 0 Å². The minimum absolute atomic E-state index is 0.307. The summed E-state index contributed by atoms with van der Waals surface area (Å²) >= 11 is 0. The number of amides is 1. The molecule has 1 aromatic carbocycles. The second kappa shape index (κ2) is 8.09. The Labute approximate surface area is 156 Å². The largest absolute Gasteiger partial charge is 0.364 e. The summed E-state index contributed by atoms with van der Waals surface area (Å²) in [5.41, 5.74) is 2.67. The van der Waals surface area contributed by atoms with Crippen LogP contribution in [0.5, 0.6) is 0 Å². The molecule has 2 saturated heterocycles. The van der Waals surface area contributed by atoms with Crippen LogP contribution in [0.3, 0.4) is 0 Å². The maximum atomic E-state index is 12.8. The van der Waals surface area contributed by atoms with Crippen LogP contribution in [0, 0.1) is 5.92 Å². The lowest BCUT2D eigenvalue weighted by Gasteiger charge is -2.34. The average molecular weight is 351 g/mol. The molecule has 0 radical (unpaired) electrons. The fourth-order valence-corrected chi connectivity index (χ4v) is 4.53. The van der Waals surface area contributed by atoms with Crippen molar-refractivity contribution >= 4 is 5.91 Å². The van der Waals surface area contributed by atoms with Crippen molar-refractivity contribution in [3.8, 4) is 0 Å². The fourth-order valence-electron chi connectivity index (χ4n) is 4.53. The van der Waals surface area contributed by atoms with Gasteiger partial charge in [-0.15, -0.1) is 0 Å². The van der Waals surface area contributed by atoms with Crippen molar-refractivity contribution in [3.05, 3.63) is 59.9 Å². The topological polar surface area (TPSA) is 39.3 Å². The molecule has 2 aliphatic heterocycles. The van der Waals surface area contributed by atoms with Crippen LogP contribution in [0.1, 0.15) is 43.0 Å². The Hall–Kier alpha value is -2.07. The Bertz CT molecular complexity index is 689. The summed E-state index contributed by atoms with van der Waals surface area (Å²) in [4.78, 5) is 20.6. The lowest BCUT2D eigenvalue weighted by Crippen LogP contribution is -2.44. The normalized spacial score (nSPS) is 22.0. The number of carbonyl (C=O) groups excluding carboxylic acids is 1. The number of aromatic amines is 1. The monoisotopic (exact) mass is 351 g/mol. The van der Waals surface area contributed by atoms with E-state index in [9.17, 15) is 4.79 Å². The molecule has 2 fully saturated rings. The number of H-pyrrole nitrogens is 1. The zero-order chi connectivity index (χ0) is 17.8. The maximum absolute atomic E-state index is 12.8. The Kier molecular flexibility index (Phi) is 5.40. The number of nitrogens with zero attached hydrogens (tertiary/aromatic N) is 2. The van der Waals surface area contributed by atoms with E-state index < -0.39 is 0 Å². The zero-order valence-corrected chi connectivity index (χ0v) is 15.4. The van der Waals surface area contributed by atoms with Crippen LogP contribution in [0.2, 0.25) is 0 Å². The lowest BCUT2D eigenvalue weighted by atomic mass is 9.90. The summed E-state index contributed by atoms with van der Waals surface area (Å²) in [6, 6.07) is 15.3. The molecule has 2 aliphatic rings. The van der Waals surface area contributed by atoms with Gasteiger partial charge in [-0.3, -0.25) is 9.69 Å². The van der Waals surface area contributed by atoms with Crippen molar-refractivity contribution in [2.75, 3.05) is 26.2 Å². The first-order chi connectivity index (χ1) is 12.8. The van der Waals surface area contributed by atoms with Crippen molar-refractivity contribution in [3.63, 3.8) is 0 Å². The van der Waals surface area contributed by atoms with Crippen LogP contribution in [0.25, 0.3) is 0 Å². The van der Waals surface area contributed by atoms with E-state index in [-0.39, 0.29) is 0 Å². The summed E-state index contributed by atoms with van der Waals surface area (Å²) in [5.74, 6) is 1.02. The van der Waals surface area contributed by atoms with Gasteiger partial charge in [0, 0.05) is 25.0 Å². The molecule has 2 aromatic rings. The molecule has 138 valence electrons. The first-order valence-corrected chi connectivity index (χ1v) is 9.98. The highest BCUT2D eigenvalue weighted by atomic mass is 16.2. The molecular formula is C22H29N3O. The van der Waals surface area contributed by atoms with E-state index in [2.05, 4.69) is 51.2 Å². The number of nitrogens with one attached hydrogen (secondary N) is 1. The molecule has 3 heterocycles. The SMILES string of the molecule is O=C(CN1CCCC1c1ccc[nH]1)N1CCC(Cc2ccccc2)CC1. The molecular weight excluding hydrogens is 322 g/mol. The molecule has 0 saturated carbocycles. The molecule has 26 heavy (non-hydrogen) atoms. The van der Waals surface area contributed by atoms with E-state index in [4.69, 9.17) is 0 Å². The molecule has 1 atom stereocenters. The molecule has 0 spiro atoms. The van der Waals surface area contributed by atoms with Gasteiger partial charge in [0.2, 0.25) is 5.91 Å². The number of benzene rings is 1. The minimum Gasteiger partial charge on any atom is -0.364 e. The first-order valence-electron chi connectivity index (χ1n) is 9.98. The van der Waals surface area contributed by atoms with E-state index in [0.717, 1.165) is 45.3 Å². The average Bonchev–Trinajstić information content (AvgIpc) is 3.34. The van der Waals surface area contributed by atoms with Crippen LogP contribution in [-0.4, -0.2) is 46.9 Å². The van der Waals surface area contributed by atoms with Gasteiger partial charge >= 0.3 is 0 Å². The Morgan fingerprint density at radius 3 is 2.54 bits per heavy atom. The van der Waals surface area contributed by atoms with E-state index in [1.165, 1.54) is 17.7 Å². The number of hydrogen-bond acceptors (Lipinski definition) is 2. The molecule has 1 N–H and O–H groups in total. The number of likely N-dealkylation sites (tertiary alicyclic amines) is 2. The highest BCUT2D eigenvalue weighted by molar-refractivity contribution is 5.78. The third kappa shape index (κ3) is 4.01. The molecule has 4 heteroatoms. The number of aromatic nitrogens is 1. The van der Waals surface area contributed by atoms with E-state index in [0.29, 0.717) is 24.4 Å². The van der Waals surface area contributed by atoms with Gasteiger partial charge in [0.05, 0.1) is 12.6 Å². The lowest BCUT2D eigenvalue weighted by molar-refractivity contribution is -0.134. The summed E-state index contributed by atoms with van der Waals surface area (Å²) in [6.07, 6.45) is 7.69. The number of piperidine rings is 1. The number of carbonyl (C=O) groups is 1. The van der Waals surface area contributed by atoms with E-state index in [1.54, 1.807) is 0 Å². The predicted molar refractivity (Wildman–Crippen MR) is 104 cm³/mol. The van der Waals surface area contributed by atoms with Crippen molar-refractivity contribution in [1.82, 2.24) is 14.8 Å². The summed E-state index contributed by atoms with van der Waals surface area (Å²) < 4.78 is 0. The predicted octanol–water partition coefficient (Wildman–Crippen LogP) is 3.63. The first kappa shape index (κ1) is 17.3. The van der Waals surface area contributed by atoms with Crippen molar-refractivity contribution < 1.29 is 4.79 Å². The zero-order valence-electron chi connectivity index (χ0n) is 15.4.